The molecule has 0 aliphatic heterocycles. The van der Waals surface area contributed by atoms with Crippen molar-refractivity contribution < 1.29 is 23.1 Å². The highest BCUT2D eigenvalue weighted by Gasteiger charge is 2.33. The number of aliphatic hydroxyl groups is 1. The van der Waals surface area contributed by atoms with E-state index >= 15 is 0 Å². The number of urea groups is 1. The number of benzene rings is 1. The number of halogens is 3. The van der Waals surface area contributed by atoms with E-state index in [1.165, 1.54) is 24.0 Å². The molecule has 4 nitrogen and oxygen atoms in total. The molecule has 124 valence electrons. The highest BCUT2D eigenvalue weighted by atomic mass is 19.4. The van der Waals surface area contributed by atoms with Gasteiger partial charge in [0.2, 0.25) is 0 Å². The number of alkyl halides is 3. The summed E-state index contributed by atoms with van der Waals surface area (Å²) in [7, 11) is 0. The van der Waals surface area contributed by atoms with Gasteiger partial charge in [-0.1, -0.05) is 6.07 Å². The quantitative estimate of drug-likeness (QED) is 0.890. The highest BCUT2D eigenvalue weighted by Crippen LogP contribution is 2.34. The van der Waals surface area contributed by atoms with Crippen LogP contribution in [-0.4, -0.2) is 34.7 Å². The molecule has 22 heavy (non-hydrogen) atoms. The lowest BCUT2D eigenvalue weighted by molar-refractivity contribution is -0.138. The van der Waals surface area contributed by atoms with Crippen LogP contribution < -0.4 is 5.32 Å². The summed E-state index contributed by atoms with van der Waals surface area (Å²) in [5.74, 6) is 0. The molecule has 0 saturated carbocycles. The monoisotopic (exact) mass is 318 g/mol. The zero-order chi connectivity index (χ0) is 17.1. The van der Waals surface area contributed by atoms with Crippen molar-refractivity contribution in [1.82, 2.24) is 4.90 Å². The molecule has 1 aromatic rings. The third-order valence-corrected chi connectivity index (χ3v) is 3.13. The molecule has 0 aliphatic carbocycles. The molecule has 2 N–H and O–H groups in total. The third-order valence-electron chi connectivity index (χ3n) is 3.13. The molecule has 1 aromatic carbocycles. The number of amides is 2. The Morgan fingerprint density at radius 2 is 1.91 bits per heavy atom. The molecule has 0 heterocycles. The molecule has 0 atom stereocenters. The molecular weight excluding hydrogens is 297 g/mol. The van der Waals surface area contributed by atoms with Crippen molar-refractivity contribution in [2.45, 2.75) is 39.5 Å². The van der Waals surface area contributed by atoms with Crippen LogP contribution in [0.5, 0.6) is 0 Å². The topological polar surface area (TPSA) is 52.6 Å². The van der Waals surface area contributed by atoms with Crippen LogP contribution in [-0.2, 0) is 6.18 Å². The van der Waals surface area contributed by atoms with Gasteiger partial charge in [-0.05, 0) is 45.4 Å². The van der Waals surface area contributed by atoms with Gasteiger partial charge in [-0.25, -0.2) is 4.79 Å². The van der Waals surface area contributed by atoms with Crippen LogP contribution in [0, 0.1) is 6.92 Å². The SMILES string of the molecule is CCN(CC(C)(C)O)C(=O)Nc1cccc(C(F)(F)F)c1C. The number of hydrogen-bond acceptors (Lipinski definition) is 2. The largest absolute Gasteiger partial charge is 0.416 e. The van der Waals surface area contributed by atoms with Crippen molar-refractivity contribution in [2.24, 2.45) is 0 Å². The number of carbonyl (C=O) groups excluding carboxylic acids is 1. The van der Waals surface area contributed by atoms with E-state index in [1.54, 1.807) is 20.8 Å². The van der Waals surface area contributed by atoms with E-state index in [-0.39, 0.29) is 17.8 Å². The summed E-state index contributed by atoms with van der Waals surface area (Å²) in [4.78, 5) is 13.5. The molecule has 0 aliphatic rings. The Morgan fingerprint density at radius 3 is 2.36 bits per heavy atom. The summed E-state index contributed by atoms with van der Waals surface area (Å²) >= 11 is 0. The second kappa shape index (κ2) is 6.56. The fourth-order valence-corrected chi connectivity index (χ4v) is 2.07. The molecule has 0 unspecified atom stereocenters. The molecule has 7 heteroatoms. The zero-order valence-corrected chi connectivity index (χ0v) is 13.1. The Balaban J connectivity index is 2.97. The molecule has 0 bridgehead atoms. The van der Waals surface area contributed by atoms with Crippen LogP contribution in [0.15, 0.2) is 18.2 Å². The lowest BCUT2D eigenvalue weighted by Crippen LogP contribution is -2.44. The number of carbonyl (C=O) groups is 1. The van der Waals surface area contributed by atoms with Gasteiger partial charge in [0.25, 0.3) is 0 Å². The molecule has 0 aromatic heterocycles. The summed E-state index contributed by atoms with van der Waals surface area (Å²) in [6, 6.07) is 3.09. The van der Waals surface area contributed by atoms with Gasteiger partial charge < -0.3 is 15.3 Å². The van der Waals surface area contributed by atoms with Crippen molar-refractivity contribution in [3.05, 3.63) is 29.3 Å². The predicted octanol–water partition coefficient (Wildman–Crippen LogP) is 3.64. The minimum Gasteiger partial charge on any atom is -0.389 e. The second-order valence-corrected chi connectivity index (χ2v) is 5.73. The van der Waals surface area contributed by atoms with Crippen LogP contribution in [0.1, 0.15) is 31.9 Å². The van der Waals surface area contributed by atoms with Gasteiger partial charge in [0.15, 0.2) is 0 Å². The molecular formula is C15H21F3N2O2. The fraction of sp³-hybridized carbons (Fsp3) is 0.533. The number of nitrogens with zero attached hydrogens (tertiary/aromatic N) is 1. The normalized spacial score (nSPS) is 12.2. The Morgan fingerprint density at radius 1 is 1.32 bits per heavy atom. The van der Waals surface area contributed by atoms with Crippen LogP contribution in [0.2, 0.25) is 0 Å². The van der Waals surface area contributed by atoms with Crippen LogP contribution in [0.25, 0.3) is 0 Å². The summed E-state index contributed by atoms with van der Waals surface area (Å²) in [6.45, 7) is 6.55. The number of nitrogens with one attached hydrogen (secondary N) is 1. The maximum atomic E-state index is 12.9. The summed E-state index contributed by atoms with van der Waals surface area (Å²) in [5.41, 5.74) is -1.80. The Bertz CT molecular complexity index is 537. The first-order valence-corrected chi connectivity index (χ1v) is 6.91. The number of rotatable bonds is 4. The minimum absolute atomic E-state index is 0.0392. The summed E-state index contributed by atoms with van der Waals surface area (Å²) < 4.78 is 38.6. The number of anilines is 1. The fourth-order valence-electron chi connectivity index (χ4n) is 2.07. The highest BCUT2D eigenvalue weighted by molar-refractivity contribution is 5.90. The predicted molar refractivity (Wildman–Crippen MR) is 78.7 cm³/mol. The van der Waals surface area contributed by atoms with Crippen LogP contribution >= 0.6 is 0 Å². The van der Waals surface area contributed by atoms with Gasteiger partial charge in [-0.3, -0.25) is 0 Å². The molecule has 0 fully saturated rings. The van der Waals surface area contributed by atoms with E-state index in [2.05, 4.69) is 5.32 Å². The first-order chi connectivity index (χ1) is 9.95. The molecule has 0 saturated heterocycles. The summed E-state index contributed by atoms with van der Waals surface area (Å²) in [5, 5.41) is 12.2. The van der Waals surface area contributed by atoms with Gasteiger partial charge in [-0.15, -0.1) is 0 Å². The van der Waals surface area contributed by atoms with Crippen LogP contribution in [0.4, 0.5) is 23.7 Å². The Hall–Kier alpha value is -1.76. The average Bonchev–Trinajstić information content (AvgIpc) is 2.35. The maximum Gasteiger partial charge on any atom is 0.416 e. The Labute approximate surface area is 127 Å². The summed E-state index contributed by atoms with van der Waals surface area (Å²) in [6.07, 6.45) is -4.47. The smallest absolute Gasteiger partial charge is 0.389 e. The third kappa shape index (κ3) is 4.91. The molecule has 0 spiro atoms. The van der Waals surface area contributed by atoms with Gasteiger partial charge in [0.1, 0.15) is 0 Å². The van der Waals surface area contributed by atoms with E-state index < -0.39 is 23.4 Å². The number of likely N-dealkylation sites (N-methyl/N-ethyl adjacent to an activating group) is 1. The van der Waals surface area contributed by atoms with Gasteiger partial charge >= 0.3 is 12.2 Å². The van der Waals surface area contributed by atoms with E-state index in [0.717, 1.165) is 6.07 Å². The average molecular weight is 318 g/mol. The van der Waals surface area contributed by atoms with E-state index in [0.29, 0.717) is 6.54 Å². The van der Waals surface area contributed by atoms with Gasteiger partial charge in [-0.2, -0.15) is 13.2 Å². The second-order valence-electron chi connectivity index (χ2n) is 5.73. The van der Waals surface area contributed by atoms with Crippen molar-refractivity contribution >= 4 is 11.7 Å². The molecule has 2 amide bonds. The maximum absolute atomic E-state index is 12.9. The first-order valence-electron chi connectivity index (χ1n) is 6.91. The van der Waals surface area contributed by atoms with Crippen molar-refractivity contribution in [3.8, 4) is 0 Å². The lowest BCUT2D eigenvalue weighted by Gasteiger charge is -2.28. The standard InChI is InChI=1S/C15H21F3N2O2/c1-5-20(9-14(3,4)22)13(21)19-12-8-6-7-11(10(12)2)15(16,17)18/h6-8,22H,5,9H2,1-4H3,(H,19,21). The number of hydrogen-bond donors (Lipinski definition) is 2. The van der Waals surface area contributed by atoms with E-state index in [4.69, 9.17) is 0 Å². The van der Waals surface area contributed by atoms with Gasteiger partial charge in [0.05, 0.1) is 17.7 Å². The molecule has 0 radical (unpaired) electrons. The first kappa shape index (κ1) is 18.3. The van der Waals surface area contributed by atoms with E-state index in [1.807, 2.05) is 0 Å². The van der Waals surface area contributed by atoms with E-state index in [9.17, 15) is 23.1 Å². The minimum atomic E-state index is -4.47. The lowest BCUT2D eigenvalue weighted by atomic mass is 10.1. The van der Waals surface area contributed by atoms with Crippen molar-refractivity contribution in [1.29, 1.82) is 0 Å². The van der Waals surface area contributed by atoms with Crippen LogP contribution in [0.3, 0.4) is 0 Å². The van der Waals surface area contributed by atoms with Crippen molar-refractivity contribution in [2.75, 3.05) is 18.4 Å². The Kier molecular flexibility index (Phi) is 5.45. The zero-order valence-electron chi connectivity index (χ0n) is 13.1. The van der Waals surface area contributed by atoms with Crippen molar-refractivity contribution in [3.63, 3.8) is 0 Å². The van der Waals surface area contributed by atoms with Gasteiger partial charge in [0, 0.05) is 12.2 Å². The molecule has 1 rings (SSSR count).